The zero-order valence-electron chi connectivity index (χ0n) is 7.96. The molecule has 0 heterocycles. The zero-order chi connectivity index (χ0) is 9.14. The molecule has 0 unspecified atom stereocenters. The van der Waals surface area contributed by atoms with Gasteiger partial charge in [-0.15, -0.1) is 0 Å². The summed E-state index contributed by atoms with van der Waals surface area (Å²) in [4.78, 5) is 2.14. The second-order valence-electron chi connectivity index (χ2n) is 3.08. The van der Waals surface area contributed by atoms with Gasteiger partial charge in [0, 0.05) is 13.6 Å². The van der Waals surface area contributed by atoms with Crippen molar-refractivity contribution in [3.8, 4) is 0 Å². The molecule has 0 bridgehead atoms. The summed E-state index contributed by atoms with van der Waals surface area (Å²) < 4.78 is 0. The van der Waals surface area contributed by atoms with E-state index in [0.29, 0.717) is 0 Å². The predicted molar refractivity (Wildman–Crippen MR) is 54.5 cm³/mol. The number of anilines is 2. The first kappa shape index (κ1) is 8.91. The fourth-order valence-electron chi connectivity index (χ4n) is 1.15. The van der Waals surface area contributed by atoms with Crippen LogP contribution in [-0.2, 0) is 0 Å². The molecule has 2 heteroatoms. The van der Waals surface area contributed by atoms with Gasteiger partial charge in [-0.2, -0.15) is 0 Å². The molecule has 0 saturated heterocycles. The molecule has 66 valence electrons. The van der Waals surface area contributed by atoms with Crippen LogP contribution in [0.25, 0.3) is 0 Å². The molecule has 0 atom stereocenters. The van der Waals surface area contributed by atoms with Crippen LogP contribution in [-0.4, -0.2) is 13.6 Å². The fraction of sp³-hybridized carbons (Fsp3) is 0.400. The second-order valence-corrected chi connectivity index (χ2v) is 3.08. The second kappa shape index (κ2) is 3.48. The predicted octanol–water partition coefficient (Wildman–Crippen LogP) is 2.03. The first-order valence-corrected chi connectivity index (χ1v) is 4.22. The molecule has 0 fully saturated rings. The van der Waals surface area contributed by atoms with Crippen molar-refractivity contribution < 1.29 is 0 Å². The van der Waals surface area contributed by atoms with Crippen molar-refractivity contribution in [1.82, 2.24) is 0 Å². The summed E-state index contributed by atoms with van der Waals surface area (Å²) in [5, 5.41) is 0. The highest BCUT2D eigenvalue weighted by atomic mass is 15.1. The minimum absolute atomic E-state index is 0.852. The third kappa shape index (κ3) is 1.70. The highest BCUT2D eigenvalue weighted by Gasteiger charge is 2.02. The number of benzene rings is 1. The lowest BCUT2D eigenvalue weighted by molar-refractivity contribution is 0.969. The van der Waals surface area contributed by atoms with E-state index in [1.54, 1.807) is 0 Å². The Bertz CT molecular complexity index is 269. The normalized spacial score (nSPS) is 9.92. The van der Waals surface area contributed by atoms with Gasteiger partial charge in [0.15, 0.2) is 0 Å². The zero-order valence-corrected chi connectivity index (χ0v) is 7.96. The van der Waals surface area contributed by atoms with Gasteiger partial charge in [0.25, 0.3) is 0 Å². The van der Waals surface area contributed by atoms with Gasteiger partial charge in [-0.1, -0.05) is 6.07 Å². The molecule has 1 aromatic carbocycles. The molecule has 1 aromatic rings. The van der Waals surface area contributed by atoms with Crippen molar-refractivity contribution in [3.63, 3.8) is 0 Å². The van der Waals surface area contributed by atoms with Crippen LogP contribution >= 0.6 is 0 Å². The van der Waals surface area contributed by atoms with Gasteiger partial charge in [0.1, 0.15) is 0 Å². The number of hydrogen-bond acceptors (Lipinski definition) is 2. The Morgan fingerprint density at radius 1 is 1.42 bits per heavy atom. The van der Waals surface area contributed by atoms with Crippen LogP contribution in [0.1, 0.15) is 12.5 Å². The molecule has 0 spiro atoms. The Labute approximate surface area is 74.0 Å². The molecule has 0 radical (unpaired) electrons. The molecule has 0 aliphatic rings. The van der Waals surface area contributed by atoms with Crippen LogP contribution in [0.5, 0.6) is 0 Å². The highest BCUT2D eigenvalue weighted by molar-refractivity contribution is 5.68. The maximum atomic E-state index is 5.82. The van der Waals surface area contributed by atoms with E-state index in [9.17, 15) is 0 Å². The summed E-state index contributed by atoms with van der Waals surface area (Å²) in [6.45, 7) is 5.17. The molecule has 0 aromatic heterocycles. The molecule has 0 amide bonds. The highest BCUT2D eigenvalue weighted by Crippen LogP contribution is 2.22. The maximum Gasteiger partial charge on any atom is 0.0599 e. The number of nitrogens with two attached hydrogens (primary N) is 1. The molecule has 2 N–H and O–H groups in total. The Kier molecular flexibility index (Phi) is 2.58. The van der Waals surface area contributed by atoms with Gasteiger partial charge >= 0.3 is 0 Å². The van der Waals surface area contributed by atoms with Crippen molar-refractivity contribution in [1.29, 1.82) is 0 Å². The smallest absolute Gasteiger partial charge is 0.0599 e. The maximum absolute atomic E-state index is 5.82. The van der Waals surface area contributed by atoms with Crippen LogP contribution in [0.15, 0.2) is 18.2 Å². The van der Waals surface area contributed by atoms with Crippen LogP contribution in [0, 0.1) is 6.92 Å². The summed E-state index contributed by atoms with van der Waals surface area (Å²) in [6.07, 6.45) is 0. The van der Waals surface area contributed by atoms with E-state index in [2.05, 4.69) is 24.8 Å². The van der Waals surface area contributed by atoms with Crippen molar-refractivity contribution in [3.05, 3.63) is 23.8 Å². The van der Waals surface area contributed by atoms with Crippen LogP contribution in [0.4, 0.5) is 11.4 Å². The Hall–Kier alpha value is -1.18. The number of nitrogen functional groups attached to an aromatic ring is 1. The monoisotopic (exact) mass is 164 g/mol. The minimum Gasteiger partial charge on any atom is -0.397 e. The Balaban J connectivity index is 3.04. The number of aryl methyl sites for hydroxylation is 1. The van der Waals surface area contributed by atoms with E-state index in [1.807, 2.05) is 19.2 Å². The summed E-state index contributed by atoms with van der Waals surface area (Å²) in [5.74, 6) is 0. The van der Waals surface area contributed by atoms with Gasteiger partial charge < -0.3 is 10.6 Å². The average molecular weight is 164 g/mol. The Morgan fingerprint density at radius 2 is 2.08 bits per heavy atom. The first-order valence-electron chi connectivity index (χ1n) is 4.22. The van der Waals surface area contributed by atoms with Crippen LogP contribution < -0.4 is 10.6 Å². The lowest BCUT2D eigenvalue weighted by Crippen LogP contribution is -2.17. The van der Waals surface area contributed by atoms with E-state index < -0.39 is 0 Å². The largest absolute Gasteiger partial charge is 0.397 e. The Morgan fingerprint density at radius 3 is 2.67 bits per heavy atom. The fourth-order valence-corrected chi connectivity index (χ4v) is 1.15. The lowest BCUT2D eigenvalue weighted by atomic mass is 10.2. The standard InChI is InChI=1S/C10H16N2/c1-4-12(3)10-7-8(2)5-6-9(10)11/h5-7H,4,11H2,1-3H3. The topological polar surface area (TPSA) is 29.3 Å². The van der Waals surface area contributed by atoms with Crippen molar-refractivity contribution in [2.24, 2.45) is 0 Å². The molecular formula is C10H16N2. The van der Waals surface area contributed by atoms with E-state index in [1.165, 1.54) is 5.56 Å². The van der Waals surface area contributed by atoms with E-state index in [4.69, 9.17) is 5.73 Å². The summed E-state index contributed by atoms with van der Waals surface area (Å²) in [7, 11) is 2.05. The van der Waals surface area contributed by atoms with Crippen molar-refractivity contribution in [2.45, 2.75) is 13.8 Å². The minimum atomic E-state index is 0.852. The third-order valence-corrected chi connectivity index (χ3v) is 2.07. The van der Waals surface area contributed by atoms with Gasteiger partial charge in [0.2, 0.25) is 0 Å². The first-order chi connectivity index (χ1) is 5.65. The van der Waals surface area contributed by atoms with Gasteiger partial charge in [-0.25, -0.2) is 0 Å². The van der Waals surface area contributed by atoms with E-state index in [0.717, 1.165) is 17.9 Å². The van der Waals surface area contributed by atoms with Gasteiger partial charge in [0.05, 0.1) is 11.4 Å². The molecule has 0 aliphatic heterocycles. The van der Waals surface area contributed by atoms with E-state index in [-0.39, 0.29) is 0 Å². The van der Waals surface area contributed by atoms with Crippen LogP contribution in [0.3, 0.4) is 0 Å². The summed E-state index contributed by atoms with van der Waals surface area (Å²) in [5.41, 5.74) is 9.05. The van der Waals surface area contributed by atoms with Gasteiger partial charge in [-0.05, 0) is 31.5 Å². The van der Waals surface area contributed by atoms with Crippen molar-refractivity contribution >= 4 is 11.4 Å². The SMILES string of the molecule is CCN(C)c1cc(C)ccc1N. The van der Waals surface area contributed by atoms with Gasteiger partial charge in [-0.3, -0.25) is 0 Å². The quantitative estimate of drug-likeness (QED) is 0.678. The molecule has 0 aliphatic carbocycles. The molecular weight excluding hydrogens is 148 g/mol. The summed E-state index contributed by atoms with van der Waals surface area (Å²) in [6, 6.07) is 6.10. The van der Waals surface area contributed by atoms with Crippen molar-refractivity contribution in [2.75, 3.05) is 24.2 Å². The molecule has 1 rings (SSSR count). The number of nitrogens with zero attached hydrogens (tertiary/aromatic N) is 1. The molecule has 0 saturated carbocycles. The third-order valence-electron chi connectivity index (χ3n) is 2.07. The average Bonchev–Trinajstić information content (AvgIpc) is 2.08. The van der Waals surface area contributed by atoms with Crippen LogP contribution in [0.2, 0.25) is 0 Å². The molecule has 12 heavy (non-hydrogen) atoms. The number of rotatable bonds is 2. The van der Waals surface area contributed by atoms with E-state index >= 15 is 0 Å². The number of hydrogen-bond donors (Lipinski definition) is 1. The lowest BCUT2D eigenvalue weighted by Gasteiger charge is -2.19. The molecule has 2 nitrogen and oxygen atoms in total. The summed E-state index contributed by atoms with van der Waals surface area (Å²) >= 11 is 0.